The topological polar surface area (TPSA) is 46.3 Å². The zero-order valence-electron chi connectivity index (χ0n) is 9.97. The summed E-state index contributed by atoms with van der Waals surface area (Å²) in [5, 5.41) is 0. The number of nitrogens with zero attached hydrogens (tertiary/aromatic N) is 1. The molecule has 0 saturated carbocycles. The first-order valence-electron chi connectivity index (χ1n) is 5.56. The number of allylic oxidation sites excluding steroid dienone is 3. The van der Waals surface area contributed by atoms with Gasteiger partial charge in [0, 0.05) is 23.4 Å². The Kier molecular flexibility index (Phi) is 2.41. The Balaban J connectivity index is 2.35. The van der Waals surface area contributed by atoms with Crippen molar-refractivity contribution in [1.82, 2.24) is 4.90 Å². The summed E-state index contributed by atoms with van der Waals surface area (Å²) in [4.78, 5) is 14.1. The Morgan fingerprint density at radius 3 is 2.56 bits per heavy atom. The number of hydrogen-bond acceptors (Lipinski definition) is 2. The van der Waals surface area contributed by atoms with Crippen molar-refractivity contribution in [2.75, 3.05) is 0 Å². The zero-order chi connectivity index (χ0) is 11.9. The second-order valence-corrected chi connectivity index (χ2v) is 5.32. The first-order chi connectivity index (χ1) is 7.41. The van der Waals surface area contributed by atoms with E-state index in [1.54, 1.807) is 4.90 Å². The molecule has 2 rings (SSSR count). The smallest absolute Gasteiger partial charge is 0.234 e. The van der Waals surface area contributed by atoms with Crippen LogP contribution >= 0.6 is 0 Å². The van der Waals surface area contributed by atoms with Crippen LogP contribution in [0.4, 0.5) is 0 Å². The maximum Gasteiger partial charge on any atom is 0.234 e. The minimum atomic E-state index is -0.178. The molecule has 1 aliphatic heterocycles. The van der Waals surface area contributed by atoms with Crippen LogP contribution < -0.4 is 5.73 Å². The highest BCUT2D eigenvalue weighted by Crippen LogP contribution is 2.33. The average Bonchev–Trinajstić information content (AvgIpc) is 2.18. The van der Waals surface area contributed by atoms with Crippen molar-refractivity contribution >= 4 is 5.91 Å². The van der Waals surface area contributed by atoms with Gasteiger partial charge in [-0.15, -0.1) is 0 Å². The third kappa shape index (κ3) is 1.66. The van der Waals surface area contributed by atoms with Crippen molar-refractivity contribution in [3.05, 3.63) is 36.2 Å². The summed E-state index contributed by atoms with van der Waals surface area (Å²) < 4.78 is 0. The second kappa shape index (κ2) is 3.51. The molecule has 1 aliphatic carbocycles. The summed E-state index contributed by atoms with van der Waals surface area (Å²) >= 11 is 0. The Morgan fingerprint density at radius 1 is 1.25 bits per heavy atom. The van der Waals surface area contributed by atoms with E-state index in [2.05, 4.69) is 0 Å². The van der Waals surface area contributed by atoms with E-state index in [9.17, 15) is 4.79 Å². The molecule has 0 saturated heterocycles. The fourth-order valence-electron chi connectivity index (χ4n) is 2.16. The Bertz CT molecular complexity index is 399. The molecule has 2 aliphatic rings. The van der Waals surface area contributed by atoms with Gasteiger partial charge in [-0.3, -0.25) is 4.79 Å². The van der Waals surface area contributed by atoms with Gasteiger partial charge in [0.1, 0.15) is 0 Å². The molecule has 86 valence electrons. The van der Waals surface area contributed by atoms with Crippen molar-refractivity contribution in [2.24, 2.45) is 17.6 Å². The monoisotopic (exact) mass is 218 g/mol. The highest BCUT2D eigenvalue weighted by molar-refractivity contribution is 5.84. The van der Waals surface area contributed by atoms with Crippen LogP contribution in [0.1, 0.15) is 20.8 Å². The Morgan fingerprint density at radius 2 is 1.94 bits per heavy atom. The fraction of sp³-hybridized carbons (Fsp3) is 0.462. The van der Waals surface area contributed by atoms with Gasteiger partial charge < -0.3 is 10.6 Å². The number of fused-ring (bicyclic) bond motifs is 1. The molecule has 0 radical (unpaired) electrons. The Labute approximate surface area is 96.3 Å². The summed E-state index contributed by atoms with van der Waals surface area (Å²) in [5.74, 6) is 0.0395. The van der Waals surface area contributed by atoms with Gasteiger partial charge in [-0.2, -0.15) is 0 Å². The molecule has 2 unspecified atom stereocenters. The molecule has 0 spiro atoms. The van der Waals surface area contributed by atoms with Gasteiger partial charge in [-0.25, -0.2) is 0 Å². The van der Waals surface area contributed by atoms with Crippen LogP contribution in [0.3, 0.4) is 0 Å². The maximum atomic E-state index is 12.3. The van der Waals surface area contributed by atoms with Gasteiger partial charge in [0.25, 0.3) is 0 Å². The lowest BCUT2D eigenvalue weighted by Crippen LogP contribution is -2.49. The summed E-state index contributed by atoms with van der Waals surface area (Å²) in [6.07, 6.45) is 9.56. The van der Waals surface area contributed by atoms with E-state index in [-0.39, 0.29) is 23.3 Å². The number of rotatable bonds is 0. The highest BCUT2D eigenvalue weighted by Gasteiger charge is 2.37. The number of amides is 1. The molecular weight excluding hydrogens is 200 g/mol. The average molecular weight is 218 g/mol. The van der Waals surface area contributed by atoms with E-state index < -0.39 is 0 Å². The zero-order valence-corrected chi connectivity index (χ0v) is 9.97. The number of nitrogens with two attached hydrogens (primary N) is 1. The van der Waals surface area contributed by atoms with Gasteiger partial charge in [0.2, 0.25) is 5.91 Å². The minimum Gasteiger partial charge on any atom is -0.402 e. The number of carbonyl (C=O) groups is 1. The lowest BCUT2D eigenvalue weighted by Gasteiger charge is -2.40. The molecule has 1 heterocycles. The third-order valence-electron chi connectivity index (χ3n) is 3.07. The lowest BCUT2D eigenvalue weighted by atomic mass is 9.82. The van der Waals surface area contributed by atoms with Crippen LogP contribution in [0.5, 0.6) is 0 Å². The van der Waals surface area contributed by atoms with Crippen molar-refractivity contribution in [3.8, 4) is 0 Å². The predicted octanol–water partition coefficient (Wildman–Crippen LogP) is 1.79. The van der Waals surface area contributed by atoms with E-state index in [1.807, 2.05) is 51.3 Å². The third-order valence-corrected chi connectivity index (χ3v) is 3.07. The molecule has 1 amide bonds. The summed E-state index contributed by atoms with van der Waals surface area (Å²) in [6.45, 7) is 6.09. The summed E-state index contributed by atoms with van der Waals surface area (Å²) in [5.41, 5.74) is 6.48. The van der Waals surface area contributed by atoms with Gasteiger partial charge in [-0.1, -0.05) is 18.2 Å². The highest BCUT2D eigenvalue weighted by atomic mass is 16.2. The van der Waals surface area contributed by atoms with Crippen LogP contribution in [0.15, 0.2) is 36.2 Å². The molecule has 0 fully saturated rings. The molecule has 2 N–H and O–H groups in total. The van der Waals surface area contributed by atoms with E-state index in [0.29, 0.717) is 0 Å². The maximum absolute atomic E-state index is 12.3. The van der Waals surface area contributed by atoms with E-state index in [1.165, 1.54) is 0 Å². The predicted molar refractivity (Wildman–Crippen MR) is 64.1 cm³/mol. The van der Waals surface area contributed by atoms with Gasteiger partial charge in [-0.05, 0) is 26.8 Å². The van der Waals surface area contributed by atoms with Gasteiger partial charge in [0.15, 0.2) is 0 Å². The Hall–Kier alpha value is -1.51. The SMILES string of the molecule is CC(C)(C)N1C=CC2C(N)=CC=CC2C1=O. The van der Waals surface area contributed by atoms with Crippen molar-refractivity contribution in [3.63, 3.8) is 0 Å². The van der Waals surface area contributed by atoms with Crippen LogP contribution in [0, 0.1) is 11.8 Å². The molecule has 0 bridgehead atoms. The van der Waals surface area contributed by atoms with Crippen molar-refractivity contribution < 1.29 is 4.79 Å². The molecule has 16 heavy (non-hydrogen) atoms. The fourth-order valence-corrected chi connectivity index (χ4v) is 2.16. The molecule has 3 heteroatoms. The van der Waals surface area contributed by atoms with Crippen LogP contribution in [-0.2, 0) is 4.79 Å². The van der Waals surface area contributed by atoms with Crippen LogP contribution in [0.25, 0.3) is 0 Å². The second-order valence-electron chi connectivity index (χ2n) is 5.32. The first-order valence-corrected chi connectivity index (χ1v) is 5.56. The van der Waals surface area contributed by atoms with Crippen LogP contribution in [0.2, 0.25) is 0 Å². The van der Waals surface area contributed by atoms with E-state index in [4.69, 9.17) is 5.73 Å². The van der Waals surface area contributed by atoms with E-state index >= 15 is 0 Å². The lowest BCUT2D eigenvalue weighted by molar-refractivity contribution is -0.136. The van der Waals surface area contributed by atoms with Gasteiger partial charge in [0.05, 0.1) is 5.92 Å². The normalized spacial score (nSPS) is 29.1. The molecular formula is C13H18N2O. The number of hydrogen-bond donors (Lipinski definition) is 1. The quantitative estimate of drug-likeness (QED) is 0.673. The van der Waals surface area contributed by atoms with Crippen molar-refractivity contribution in [1.29, 1.82) is 0 Å². The van der Waals surface area contributed by atoms with E-state index in [0.717, 1.165) is 5.70 Å². The van der Waals surface area contributed by atoms with Crippen molar-refractivity contribution in [2.45, 2.75) is 26.3 Å². The molecule has 0 aromatic heterocycles. The minimum absolute atomic E-state index is 0.0381. The standard InChI is InChI=1S/C13H18N2O/c1-13(2,3)15-8-7-9-10(12(15)16)5-4-6-11(9)14/h4-10H,14H2,1-3H3. The number of carbonyl (C=O) groups excluding carboxylic acids is 1. The molecule has 2 atom stereocenters. The molecule has 0 aromatic rings. The summed E-state index contributed by atoms with van der Waals surface area (Å²) in [7, 11) is 0. The first kappa shape index (κ1) is 11.0. The van der Waals surface area contributed by atoms with Gasteiger partial charge >= 0.3 is 0 Å². The molecule has 3 nitrogen and oxygen atoms in total. The van der Waals surface area contributed by atoms with Crippen LogP contribution in [-0.4, -0.2) is 16.3 Å². The summed E-state index contributed by atoms with van der Waals surface area (Å²) in [6, 6.07) is 0. The largest absolute Gasteiger partial charge is 0.402 e. The molecule has 0 aromatic carbocycles.